The van der Waals surface area contributed by atoms with Gasteiger partial charge in [-0.25, -0.2) is 5.43 Å². The average molecular weight is 404 g/mol. The van der Waals surface area contributed by atoms with E-state index in [1.165, 1.54) is 23.5 Å². The van der Waals surface area contributed by atoms with Crippen molar-refractivity contribution in [3.63, 3.8) is 0 Å². The highest BCUT2D eigenvalue weighted by Gasteiger charge is 2.09. The van der Waals surface area contributed by atoms with Gasteiger partial charge >= 0.3 is 0 Å². The van der Waals surface area contributed by atoms with Crippen LogP contribution in [0.3, 0.4) is 0 Å². The van der Waals surface area contributed by atoms with Crippen molar-refractivity contribution in [1.29, 1.82) is 0 Å². The number of benzene rings is 2. The molecule has 1 N–H and O–H groups in total. The number of hydrogen-bond donors (Lipinski definition) is 1. The number of aromatic nitrogens is 1. The van der Waals surface area contributed by atoms with Crippen LogP contribution in [0.1, 0.15) is 20.8 Å². The quantitative estimate of drug-likeness (QED) is 0.293. The summed E-state index contributed by atoms with van der Waals surface area (Å²) in [6.07, 6.45) is 3.58. The molecule has 4 aromatic rings. The molecule has 0 atom stereocenters. The monoisotopic (exact) mass is 404 g/mol. The average Bonchev–Trinajstić information content (AvgIpc) is 3.38. The van der Waals surface area contributed by atoms with Crippen LogP contribution in [0.5, 0.6) is 0 Å². The molecular formula is C21H16N4O3S. The minimum absolute atomic E-state index is 0.0698. The predicted octanol–water partition coefficient (Wildman–Crippen LogP) is 4.42. The van der Waals surface area contributed by atoms with Crippen molar-refractivity contribution in [2.24, 2.45) is 5.10 Å². The normalized spacial score (nSPS) is 11.2. The van der Waals surface area contributed by atoms with Gasteiger partial charge in [-0.1, -0.05) is 36.4 Å². The summed E-state index contributed by atoms with van der Waals surface area (Å²) in [5.41, 5.74) is 5.44. The van der Waals surface area contributed by atoms with Crippen molar-refractivity contribution >= 4 is 40.0 Å². The lowest BCUT2D eigenvalue weighted by Crippen LogP contribution is -2.16. The summed E-state index contributed by atoms with van der Waals surface area (Å²) < 4.78 is 2.05. The molecule has 0 fully saturated rings. The van der Waals surface area contributed by atoms with Crippen LogP contribution in [0.2, 0.25) is 0 Å². The van der Waals surface area contributed by atoms with Crippen LogP contribution in [0, 0.1) is 10.1 Å². The van der Waals surface area contributed by atoms with Crippen molar-refractivity contribution in [2.75, 3.05) is 0 Å². The summed E-state index contributed by atoms with van der Waals surface area (Å²) in [6.45, 7) is 0.563. The highest BCUT2D eigenvalue weighted by Crippen LogP contribution is 2.22. The van der Waals surface area contributed by atoms with Gasteiger partial charge in [0.15, 0.2) is 0 Å². The molecule has 0 saturated heterocycles. The standard InChI is InChI=1S/C21H16N4O3S/c26-21(20-6-3-11-29-20)23-22-12-16-14-24(19-5-2-1-4-18(16)19)13-15-7-9-17(10-8-15)25(27)28/h1-12,14H,13H2,(H,23,26)/b22-12+. The van der Waals surface area contributed by atoms with E-state index in [9.17, 15) is 14.9 Å². The highest BCUT2D eigenvalue weighted by atomic mass is 32.1. The Morgan fingerprint density at radius 1 is 1.14 bits per heavy atom. The van der Waals surface area contributed by atoms with Crippen molar-refractivity contribution in [3.8, 4) is 0 Å². The van der Waals surface area contributed by atoms with Gasteiger partial charge in [-0.05, 0) is 23.1 Å². The van der Waals surface area contributed by atoms with Crippen molar-refractivity contribution < 1.29 is 9.72 Å². The van der Waals surface area contributed by atoms with Crippen LogP contribution < -0.4 is 5.43 Å². The Labute approximate surface area is 170 Å². The largest absolute Gasteiger partial charge is 0.342 e. The number of carbonyl (C=O) groups is 1. The van der Waals surface area contributed by atoms with E-state index < -0.39 is 4.92 Å². The second-order valence-corrected chi connectivity index (χ2v) is 7.28. The third-order valence-electron chi connectivity index (χ3n) is 4.43. The summed E-state index contributed by atoms with van der Waals surface area (Å²) >= 11 is 1.36. The second kappa shape index (κ2) is 8.07. The summed E-state index contributed by atoms with van der Waals surface area (Å²) in [7, 11) is 0. The fraction of sp³-hybridized carbons (Fsp3) is 0.0476. The zero-order valence-electron chi connectivity index (χ0n) is 15.2. The molecule has 0 aliphatic heterocycles. The Hall–Kier alpha value is -3.78. The number of amides is 1. The molecule has 4 rings (SSSR count). The van der Waals surface area contributed by atoms with Crippen LogP contribution in [0.25, 0.3) is 10.9 Å². The molecule has 2 heterocycles. The summed E-state index contributed by atoms with van der Waals surface area (Å²) in [6, 6.07) is 18.0. The summed E-state index contributed by atoms with van der Waals surface area (Å²) in [5.74, 6) is -0.245. The number of nitro benzene ring substituents is 1. The Morgan fingerprint density at radius 2 is 1.93 bits per heavy atom. The molecule has 7 nitrogen and oxygen atoms in total. The van der Waals surface area contributed by atoms with Gasteiger partial charge in [-0.3, -0.25) is 14.9 Å². The number of thiophene rings is 1. The number of para-hydroxylation sites is 1. The van der Waals surface area contributed by atoms with Gasteiger partial charge in [-0.2, -0.15) is 5.10 Å². The van der Waals surface area contributed by atoms with Crippen LogP contribution in [-0.4, -0.2) is 21.6 Å². The molecule has 2 aromatic carbocycles. The first kappa shape index (κ1) is 18.6. The predicted molar refractivity (Wildman–Crippen MR) is 114 cm³/mol. The third-order valence-corrected chi connectivity index (χ3v) is 5.30. The number of rotatable bonds is 6. The molecule has 144 valence electrons. The van der Waals surface area contributed by atoms with E-state index in [0.29, 0.717) is 11.4 Å². The number of carbonyl (C=O) groups excluding carboxylic acids is 1. The zero-order chi connectivity index (χ0) is 20.2. The van der Waals surface area contributed by atoms with Gasteiger partial charge in [-0.15, -0.1) is 11.3 Å². The fourth-order valence-corrected chi connectivity index (χ4v) is 3.67. The molecule has 0 unspecified atom stereocenters. The van der Waals surface area contributed by atoms with Gasteiger partial charge < -0.3 is 4.57 Å². The van der Waals surface area contributed by atoms with E-state index in [1.54, 1.807) is 24.4 Å². The maximum absolute atomic E-state index is 12.0. The number of hydrazone groups is 1. The molecule has 0 aliphatic carbocycles. The molecule has 0 spiro atoms. The van der Waals surface area contributed by atoms with E-state index in [2.05, 4.69) is 15.1 Å². The van der Waals surface area contributed by atoms with Gasteiger partial charge in [0.1, 0.15) is 0 Å². The maximum Gasteiger partial charge on any atom is 0.281 e. The molecule has 0 aliphatic rings. The highest BCUT2D eigenvalue weighted by molar-refractivity contribution is 7.12. The number of nitro groups is 1. The van der Waals surface area contributed by atoms with Crippen LogP contribution in [0.15, 0.2) is 77.3 Å². The lowest BCUT2D eigenvalue weighted by Gasteiger charge is -2.05. The SMILES string of the molecule is O=C(N/N=C/c1cn(Cc2ccc([N+](=O)[O-])cc2)c2ccccc12)c1cccs1. The molecule has 29 heavy (non-hydrogen) atoms. The van der Waals surface area contributed by atoms with E-state index in [0.717, 1.165) is 22.0 Å². The molecule has 0 radical (unpaired) electrons. The van der Waals surface area contributed by atoms with E-state index in [-0.39, 0.29) is 11.6 Å². The van der Waals surface area contributed by atoms with Gasteiger partial charge in [0.25, 0.3) is 11.6 Å². The minimum Gasteiger partial charge on any atom is -0.342 e. The Balaban J connectivity index is 1.57. The fourth-order valence-electron chi connectivity index (χ4n) is 3.05. The zero-order valence-corrected chi connectivity index (χ0v) is 16.0. The topological polar surface area (TPSA) is 89.5 Å². The van der Waals surface area contributed by atoms with Crippen LogP contribution in [0.4, 0.5) is 5.69 Å². The number of fused-ring (bicyclic) bond motifs is 1. The Morgan fingerprint density at radius 3 is 2.66 bits per heavy atom. The number of hydrogen-bond acceptors (Lipinski definition) is 5. The first-order valence-electron chi connectivity index (χ1n) is 8.80. The lowest BCUT2D eigenvalue weighted by atomic mass is 10.2. The number of nitrogens with zero attached hydrogens (tertiary/aromatic N) is 3. The smallest absolute Gasteiger partial charge is 0.281 e. The van der Waals surface area contributed by atoms with E-state index in [1.807, 2.05) is 41.9 Å². The Kier molecular flexibility index (Phi) is 5.17. The Bertz CT molecular complexity index is 1190. The van der Waals surface area contributed by atoms with Crippen molar-refractivity contribution in [1.82, 2.24) is 9.99 Å². The van der Waals surface area contributed by atoms with Gasteiger partial charge in [0, 0.05) is 41.3 Å². The van der Waals surface area contributed by atoms with Gasteiger partial charge in [0.2, 0.25) is 0 Å². The first-order valence-corrected chi connectivity index (χ1v) is 9.68. The summed E-state index contributed by atoms with van der Waals surface area (Å²) in [5, 5.41) is 17.8. The van der Waals surface area contributed by atoms with E-state index >= 15 is 0 Å². The second-order valence-electron chi connectivity index (χ2n) is 6.33. The molecular weight excluding hydrogens is 388 g/mol. The summed E-state index contributed by atoms with van der Waals surface area (Å²) in [4.78, 5) is 23.0. The van der Waals surface area contributed by atoms with Crippen LogP contribution in [-0.2, 0) is 6.54 Å². The molecule has 8 heteroatoms. The van der Waals surface area contributed by atoms with E-state index in [4.69, 9.17) is 0 Å². The van der Waals surface area contributed by atoms with Crippen LogP contribution >= 0.6 is 11.3 Å². The lowest BCUT2D eigenvalue weighted by molar-refractivity contribution is -0.384. The number of non-ortho nitro benzene ring substituents is 1. The minimum atomic E-state index is -0.409. The molecule has 1 amide bonds. The van der Waals surface area contributed by atoms with Crippen molar-refractivity contribution in [2.45, 2.75) is 6.54 Å². The molecule has 2 aromatic heterocycles. The molecule has 0 saturated carbocycles. The van der Waals surface area contributed by atoms with Gasteiger partial charge in [0.05, 0.1) is 16.0 Å². The first-order chi connectivity index (χ1) is 14.1. The van der Waals surface area contributed by atoms with Crippen molar-refractivity contribution in [3.05, 3.63) is 98.4 Å². The molecule has 0 bridgehead atoms. The number of nitrogens with one attached hydrogen (secondary N) is 1. The maximum atomic E-state index is 12.0. The third kappa shape index (κ3) is 4.07.